The molecule has 0 bridgehead atoms. The van der Waals surface area contributed by atoms with Gasteiger partial charge in [0.05, 0.1) is 0 Å². The van der Waals surface area contributed by atoms with Crippen molar-refractivity contribution in [1.29, 1.82) is 0 Å². The SMILES string of the molecule is [Ca].[O-][Cl+2]([O-])O. The summed E-state index contributed by atoms with van der Waals surface area (Å²) in [6.07, 6.45) is 0. The summed E-state index contributed by atoms with van der Waals surface area (Å²) in [6, 6.07) is 0. The molecule has 0 aliphatic carbocycles. The van der Waals surface area contributed by atoms with E-state index >= 15 is 0 Å². The molecule has 5 heteroatoms. The first kappa shape index (κ1) is 9.66. The normalized spacial score (nSPS) is 7.20. The molecule has 0 aromatic rings. The molecule has 0 fully saturated rings. The zero-order valence-corrected chi connectivity index (χ0v) is 5.31. The summed E-state index contributed by atoms with van der Waals surface area (Å²) in [7, 11) is -2.60. The molecule has 3 nitrogen and oxygen atoms in total. The van der Waals surface area contributed by atoms with Crippen molar-refractivity contribution in [3.63, 3.8) is 0 Å². The molecule has 0 aromatic heterocycles. The Hall–Kier alpha value is 1.43. The number of halogens is 1. The van der Waals surface area contributed by atoms with Crippen LogP contribution in [-0.2, 0) is 0 Å². The van der Waals surface area contributed by atoms with Gasteiger partial charge in [-0.25, -0.2) is 0 Å². The minimum Gasteiger partial charge on any atom is -0.321 e. The topological polar surface area (TPSA) is 66.3 Å². The molecule has 1 N–H and O–H groups in total. The molecule has 0 saturated heterocycles. The van der Waals surface area contributed by atoms with Crippen molar-refractivity contribution in [3.05, 3.63) is 0 Å². The zero-order chi connectivity index (χ0) is 3.58. The van der Waals surface area contributed by atoms with Gasteiger partial charge in [0, 0.05) is 42.4 Å². The van der Waals surface area contributed by atoms with E-state index in [-0.39, 0.29) is 37.7 Å². The fraction of sp³-hybridized carbons (Fsp3) is 0. The van der Waals surface area contributed by atoms with Gasteiger partial charge in [-0.05, 0) is 0 Å². The average Bonchev–Trinajstić information content (AvgIpc) is 0.811. The summed E-state index contributed by atoms with van der Waals surface area (Å²) in [5.74, 6) is 0. The van der Waals surface area contributed by atoms with Crippen LogP contribution in [0.1, 0.15) is 0 Å². The fourth-order valence-electron chi connectivity index (χ4n) is 0. The summed E-state index contributed by atoms with van der Waals surface area (Å²) in [6.45, 7) is 0. The molecule has 0 aliphatic rings. The van der Waals surface area contributed by atoms with Gasteiger partial charge in [-0.3, -0.25) is 0 Å². The molecule has 0 rings (SSSR count). The Balaban J connectivity index is 0. The Morgan fingerprint density at radius 1 is 1.40 bits per heavy atom. The quantitative estimate of drug-likeness (QED) is 0.344. The minimum atomic E-state index is -2.60. The zero-order valence-electron chi connectivity index (χ0n) is 2.35. The van der Waals surface area contributed by atoms with Gasteiger partial charge in [-0.2, -0.15) is 0 Å². The summed E-state index contributed by atoms with van der Waals surface area (Å²) >= 11 is 0. The molecule has 0 amide bonds. The van der Waals surface area contributed by atoms with Crippen molar-refractivity contribution in [3.8, 4) is 0 Å². The van der Waals surface area contributed by atoms with Crippen LogP contribution >= 0.6 is 0 Å². The number of rotatable bonds is 0. The van der Waals surface area contributed by atoms with Crippen LogP contribution in [0.5, 0.6) is 0 Å². The van der Waals surface area contributed by atoms with E-state index < -0.39 is 10.8 Å². The molecule has 0 atom stereocenters. The molecule has 0 heterocycles. The Labute approximate surface area is 62.0 Å². The maximum absolute atomic E-state index is 8.52. The minimum absolute atomic E-state index is 0. The fourth-order valence-corrected chi connectivity index (χ4v) is 0. The van der Waals surface area contributed by atoms with Crippen LogP contribution in [0.15, 0.2) is 0 Å². The largest absolute Gasteiger partial charge is 0.321 e. The second-order valence-electron chi connectivity index (χ2n) is 0.201. The molecule has 0 spiro atoms. The van der Waals surface area contributed by atoms with Gasteiger partial charge < -0.3 is 9.32 Å². The van der Waals surface area contributed by atoms with Gasteiger partial charge >= 0.3 is 0 Å². The van der Waals surface area contributed by atoms with E-state index in [0.29, 0.717) is 0 Å². The maximum Gasteiger partial charge on any atom is 0.282 e. The van der Waals surface area contributed by atoms with Crippen molar-refractivity contribution >= 4 is 37.7 Å². The average molecular weight is 125 g/mol. The van der Waals surface area contributed by atoms with E-state index in [1.807, 2.05) is 0 Å². The van der Waals surface area contributed by atoms with Gasteiger partial charge in [0.15, 0.2) is 0 Å². The Kier molecular flexibility index (Phi) is 10.5. The van der Waals surface area contributed by atoms with Crippen LogP contribution in [-0.4, -0.2) is 42.4 Å². The summed E-state index contributed by atoms with van der Waals surface area (Å²) in [5, 5.41) is 0. The Bertz CT molecular complexity index is 11.6. The van der Waals surface area contributed by atoms with Gasteiger partial charge in [0.2, 0.25) is 0 Å². The van der Waals surface area contributed by atoms with Crippen LogP contribution in [0.25, 0.3) is 0 Å². The maximum atomic E-state index is 8.52. The van der Waals surface area contributed by atoms with E-state index in [0.717, 1.165) is 0 Å². The first-order valence-corrected chi connectivity index (χ1v) is 1.43. The number of hydrogen-bond donors (Lipinski definition) is 1. The van der Waals surface area contributed by atoms with E-state index in [9.17, 15) is 0 Å². The van der Waals surface area contributed by atoms with Crippen molar-refractivity contribution in [2.24, 2.45) is 0 Å². The van der Waals surface area contributed by atoms with Crippen molar-refractivity contribution in [2.75, 3.05) is 0 Å². The van der Waals surface area contributed by atoms with E-state index in [4.69, 9.17) is 14.0 Å². The first-order valence-electron chi connectivity index (χ1n) is 0.478. The predicted octanol–water partition coefficient (Wildman–Crippen LogP) is -3.32. The third-order valence-corrected chi connectivity index (χ3v) is 0. The number of hydrogen-bond acceptors (Lipinski definition) is 3. The third-order valence-electron chi connectivity index (χ3n) is 0. The summed E-state index contributed by atoms with van der Waals surface area (Å²) in [5.41, 5.74) is 0. The van der Waals surface area contributed by atoms with Crippen LogP contribution in [0.3, 0.4) is 0 Å². The molecule has 0 unspecified atom stereocenters. The monoisotopic (exact) mass is 124 g/mol. The summed E-state index contributed by atoms with van der Waals surface area (Å²) in [4.78, 5) is 0. The molecular weight excluding hydrogens is 124 g/mol. The molecular formula is HCaClO3. The van der Waals surface area contributed by atoms with E-state index in [2.05, 4.69) is 0 Å². The van der Waals surface area contributed by atoms with Crippen molar-refractivity contribution in [1.82, 2.24) is 0 Å². The third kappa shape index (κ3) is 31.2. The Morgan fingerprint density at radius 3 is 1.40 bits per heavy atom. The molecule has 0 aliphatic heterocycles. The van der Waals surface area contributed by atoms with Gasteiger partial charge in [-0.1, -0.05) is 0 Å². The van der Waals surface area contributed by atoms with Gasteiger partial charge in [0.25, 0.3) is 10.8 Å². The van der Waals surface area contributed by atoms with Crippen LogP contribution in [0, 0.1) is 10.8 Å². The molecule has 5 heavy (non-hydrogen) atoms. The summed E-state index contributed by atoms with van der Waals surface area (Å²) < 4.78 is 24.0. The van der Waals surface area contributed by atoms with Crippen molar-refractivity contribution < 1.29 is 24.8 Å². The van der Waals surface area contributed by atoms with E-state index in [1.165, 1.54) is 0 Å². The standard InChI is InChI=1S/Ca.ClHO3/c;2-1(3)4/h;2H. The molecule has 28 valence electrons. The smallest absolute Gasteiger partial charge is 0.282 e. The van der Waals surface area contributed by atoms with Crippen LogP contribution in [0.2, 0.25) is 0 Å². The van der Waals surface area contributed by atoms with Crippen molar-refractivity contribution in [2.45, 2.75) is 0 Å². The second kappa shape index (κ2) is 5.43. The van der Waals surface area contributed by atoms with E-state index in [1.54, 1.807) is 0 Å². The van der Waals surface area contributed by atoms with Crippen LogP contribution < -0.4 is 9.32 Å². The van der Waals surface area contributed by atoms with Crippen LogP contribution in [0.4, 0.5) is 0 Å². The van der Waals surface area contributed by atoms with Gasteiger partial charge in [0.1, 0.15) is 0 Å². The van der Waals surface area contributed by atoms with Gasteiger partial charge in [-0.15, -0.1) is 0 Å². The molecule has 0 aromatic carbocycles. The predicted molar refractivity (Wildman–Crippen MR) is 7.97 cm³/mol. The molecule has 0 saturated carbocycles. The Morgan fingerprint density at radius 2 is 1.40 bits per heavy atom. The second-order valence-corrected chi connectivity index (χ2v) is 0.603. The first-order chi connectivity index (χ1) is 1.73. The molecule has 2 radical (unpaired) electrons.